The van der Waals surface area contributed by atoms with E-state index in [0.717, 1.165) is 6.54 Å². The normalized spacial score (nSPS) is 29.9. The van der Waals surface area contributed by atoms with E-state index in [0.29, 0.717) is 0 Å². The van der Waals surface area contributed by atoms with Crippen LogP contribution in [0.15, 0.2) is 23.0 Å². The molecule has 0 saturated carbocycles. The van der Waals surface area contributed by atoms with Gasteiger partial charge < -0.3 is 9.73 Å². The topological polar surface area (TPSA) is 25.2 Å². The molecule has 1 fully saturated rings. The van der Waals surface area contributed by atoms with Crippen LogP contribution in [0.3, 0.4) is 0 Å². The Morgan fingerprint density at radius 3 is 3.08 bits per heavy atom. The van der Waals surface area contributed by atoms with Gasteiger partial charge in [0.05, 0.1) is 12.5 Å². The molecule has 0 aliphatic carbocycles. The average Bonchev–Trinajstić information content (AvgIpc) is 2.57. The highest BCUT2D eigenvalue weighted by atomic mass is 16.3. The molecule has 2 heterocycles. The van der Waals surface area contributed by atoms with Crippen LogP contribution in [-0.4, -0.2) is 6.54 Å². The summed E-state index contributed by atoms with van der Waals surface area (Å²) in [6, 6.07) is 2.07. The van der Waals surface area contributed by atoms with Crippen LogP contribution >= 0.6 is 0 Å². The fourth-order valence-corrected chi connectivity index (χ4v) is 2.06. The minimum absolute atomic E-state index is 0.142. The van der Waals surface area contributed by atoms with Crippen LogP contribution in [0.25, 0.3) is 0 Å². The fourth-order valence-electron chi connectivity index (χ4n) is 2.06. The second-order valence-electron chi connectivity index (χ2n) is 4.08. The molecule has 1 unspecified atom stereocenters. The summed E-state index contributed by atoms with van der Waals surface area (Å²) in [7, 11) is 0. The molecule has 0 spiro atoms. The van der Waals surface area contributed by atoms with Crippen LogP contribution in [-0.2, 0) is 5.54 Å². The van der Waals surface area contributed by atoms with Crippen molar-refractivity contribution >= 4 is 0 Å². The van der Waals surface area contributed by atoms with Gasteiger partial charge in [0.15, 0.2) is 0 Å². The lowest BCUT2D eigenvalue weighted by Gasteiger charge is -2.28. The maximum absolute atomic E-state index is 5.13. The minimum Gasteiger partial charge on any atom is -0.472 e. The highest BCUT2D eigenvalue weighted by Gasteiger charge is 2.27. The van der Waals surface area contributed by atoms with Crippen molar-refractivity contribution in [3.63, 3.8) is 0 Å². The molecule has 72 valence electrons. The van der Waals surface area contributed by atoms with Crippen molar-refractivity contribution in [3.8, 4) is 0 Å². The van der Waals surface area contributed by atoms with Gasteiger partial charge in [0.25, 0.3) is 0 Å². The van der Waals surface area contributed by atoms with Crippen LogP contribution < -0.4 is 5.32 Å². The van der Waals surface area contributed by atoms with Crippen molar-refractivity contribution in [1.82, 2.24) is 5.32 Å². The van der Waals surface area contributed by atoms with E-state index in [4.69, 9.17) is 4.42 Å². The smallest absolute Gasteiger partial charge is 0.0953 e. The number of hydrogen-bond donors (Lipinski definition) is 1. The molecule has 1 aromatic rings. The molecule has 0 amide bonds. The van der Waals surface area contributed by atoms with E-state index < -0.39 is 0 Å². The Labute approximate surface area is 79.3 Å². The van der Waals surface area contributed by atoms with E-state index in [1.165, 1.54) is 31.2 Å². The zero-order valence-corrected chi connectivity index (χ0v) is 8.18. The summed E-state index contributed by atoms with van der Waals surface area (Å²) >= 11 is 0. The lowest BCUT2D eigenvalue weighted by Crippen LogP contribution is -2.38. The van der Waals surface area contributed by atoms with Gasteiger partial charge in [0, 0.05) is 11.1 Å². The van der Waals surface area contributed by atoms with Gasteiger partial charge in [-0.15, -0.1) is 0 Å². The van der Waals surface area contributed by atoms with Crippen molar-refractivity contribution in [2.75, 3.05) is 6.54 Å². The molecular weight excluding hydrogens is 162 g/mol. The van der Waals surface area contributed by atoms with Crippen molar-refractivity contribution in [1.29, 1.82) is 0 Å². The Morgan fingerprint density at radius 1 is 1.38 bits per heavy atom. The highest BCUT2D eigenvalue weighted by molar-refractivity contribution is 5.18. The predicted octanol–water partition coefficient (Wildman–Crippen LogP) is 2.66. The van der Waals surface area contributed by atoms with Crippen molar-refractivity contribution in [2.24, 2.45) is 0 Å². The summed E-state index contributed by atoms with van der Waals surface area (Å²) in [4.78, 5) is 0. The van der Waals surface area contributed by atoms with Crippen molar-refractivity contribution < 1.29 is 4.42 Å². The SMILES string of the molecule is CC1(c2ccoc2)CCCCCN1. The molecule has 0 bridgehead atoms. The third-order valence-corrected chi connectivity index (χ3v) is 3.03. The summed E-state index contributed by atoms with van der Waals surface area (Å²) < 4.78 is 5.13. The number of nitrogens with one attached hydrogen (secondary N) is 1. The van der Waals surface area contributed by atoms with Crippen LogP contribution in [0.2, 0.25) is 0 Å². The molecule has 1 aliphatic rings. The highest BCUT2D eigenvalue weighted by Crippen LogP contribution is 2.29. The maximum atomic E-state index is 5.13. The van der Waals surface area contributed by atoms with E-state index in [9.17, 15) is 0 Å². The Kier molecular flexibility index (Phi) is 2.40. The van der Waals surface area contributed by atoms with Crippen LogP contribution in [0.4, 0.5) is 0 Å². The molecule has 1 aromatic heterocycles. The van der Waals surface area contributed by atoms with E-state index in [1.807, 2.05) is 6.26 Å². The molecule has 1 atom stereocenters. The van der Waals surface area contributed by atoms with E-state index in [1.54, 1.807) is 6.26 Å². The zero-order chi connectivity index (χ0) is 9.15. The first-order valence-corrected chi connectivity index (χ1v) is 5.09. The predicted molar refractivity (Wildman–Crippen MR) is 52.5 cm³/mol. The van der Waals surface area contributed by atoms with Crippen LogP contribution in [0, 0.1) is 0 Å². The van der Waals surface area contributed by atoms with Gasteiger partial charge in [0.1, 0.15) is 0 Å². The first kappa shape index (κ1) is 8.82. The van der Waals surface area contributed by atoms with Gasteiger partial charge in [0.2, 0.25) is 0 Å². The first-order chi connectivity index (χ1) is 6.31. The number of hydrogen-bond acceptors (Lipinski definition) is 2. The Bertz CT molecular complexity index is 245. The maximum Gasteiger partial charge on any atom is 0.0953 e. The largest absolute Gasteiger partial charge is 0.472 e. The van der Waals surface area contributed by atoms with Gasteiger partial charge in [-0.25, -0.2) is 0 Å². The van der Waals surface area contributed by atoms with Crippen LogP contribution in [0.1, 0.15) is 38.2 Å². The van der Waals surface area contributed by atoms with Gasteiger partial charge in [-0.2, -0.15) is 0 Å². The number of furan rings is 1. The quantitative estimate of drug-likeness (QED) is 0.717. The van der Waals surface area contributed by atoms with Crippen molar-refractivity contribution in [2.45, 2.75) is 38.1 Å². The summed E-state index contributed by atoms with van der Waals surface area (Å²) in [5, 5.41) is 3.60. The summed E-state index contributed by atoms with van der Waals surface area (Å²) in [5.74, 6) is 0. The van der Waals surface area contributed by atoms with E-state index >= 15 is 0 Å². The van der Waals surface area contributed by atoms with E-state index in [-0.39, 0.29) is 5.54 Å². The van der Waals surface area contributed by atoms with Crippen LogP contribution in [0.5, 0.6) is 0 Å². The Morgan fingerprint density at radius 2 is 2.31 bits per heavy atom. The number of rotatable bonds is 1. The summed E-state index contributed by atoms with van der Waals surface area (Å²) in [6.45, 7) is 3.39. The second-order valence-corrected chi connectivity index (χ2v) is 4.08. The molecule has 13 heavy (non-hydrogen) atoms. The fraction of sp³-hybridized carbons (Fsp3) is 0.636. The molecule has 2 rings (SSSR count). The van der Waals surface area contributed by atoms with E-state index in [2.05, 4.69) is 18.3 Å². The molecule has 2 heteroatoms. The van der Waals surface area contributed by atoms with Gasteiger partial charge >= 0.3 is 0 Å². The Balaban J connectivity index is 2.17. The summed E-state index contributed by atoms with van der Waals surface area (Å²) in [5.41, 5.74) is 1.43. The summed E-state index contributed by atoms with van der Waals surface area (Å²) in [6.07, 6.45) is 8.79. The zero-order valence-electron chi connectivity index (χ0n) is 8.18. The Hall–Kier alpha value is -0.760. The lowest BCUT2D eigenvalue weighted by molar-refractivity contribution is 0.356. The third kappa shape index (κ3) is 1.78. The second kappa shape index (κ2) is 3.54. The minimum atomic E-state index is 0.142. The molecule has 2 nitrogen and oxygen atoms in total. The molecule has 0 radical (unpaired) electrons. The third-order valence-electron chi connectivity index (χ3n) is 3.03. The molecule has 1 saturated heterocycles. The van der Waals surface area contributed by atoms with Crippen molar-refractivity contribution in [3.05, 3.63) is 24.2 Å². The average molecular weight is 179 g/mol. The molecule has 0 aromatic carbocycles. The lowest BCUT2D eigenvalue weighted by atomic mass is 9.90. The molecule has 1 N–H and O–H groups in total. The standard InChI is InChI=1S/C11H17NO/c1-11(10-5-8-13-9-10)6-3-2-4-7-12-11/h5,8-9,12H,2-4,6-7H2,1H3. The van der Waals surface area contributed by atoms with Gasteiger partial charge in [-0.05, 0) is 32.4 Å². The molecule has 1 aliphatic heterocycles. The monoisotopic (exact) mass is 179 g/mol. The first-order valence-electron chi connectivity index (χ1n) is 5.09. The van der Waals surface area contributed by atoms with Gasteiger partial charge in [-0.1, -0.05) is 12.8 Å². The van der Waals surface area contributed by atoms with Gasteiger partial charge in [-0.3, -0.25) is 0 Å². The molecular formula is C11H17NO.